The molecule has 10 heteroatoms. The van der Waals surface area contributed by atoms with Crippen molar-refractivity contribution in [1.82, 2.24) is 5.01 Å². The molecule has 2 rings (SSSR count). The third kappa shape index (κ3) is 8.17. The van der Waals surface area contributed by atoms with Crippen molar-refractivity contribution in [3.05, 3.63) is 70.0 Å². The molecule has 0 saturated heterocycles. The summed E-state index contributed by atoms with van der Waals surface area (Å²) in [6, 6.07) is 13.2. The first kappa shape index (κ1) is 29.0. The van der Waals surface area contributed by atoms with E-state index >= 15 is 0 Å². The molecule has 2 atom stereocenters. The number of nitrogens with zero attached hydrogens (tertiary/aromatic N) is 1. The second-order valence-corrected chi connectivity index (χ2v) is 9.52. The lowest BCUT2D eigenvalue weighted by Gasteiger charge is -2.27. The summed E-state index contributed by atoms with van der Waals surface area (Å²) in [6.07, 6.45) is -1.61. The van der Waals surface area contributed by atoms with Crippen LogP contribution >= 0.6 is 23.2 Å². The highest BCUT2D eigenvalue weighted by Crippen LogP contribution is 2.36. The van der Waals surface area contributed by atoms with Crippen LogP contribution in [0.25, 0.3) is 0 Å². The van der Waals surface area contributed by atoms with Gasteiger partial charge >= 0.3 is 0 Å². The van der Waals surface area contributed by atoms with E-state index in [2.05, 4.69) is 13.8 Å². The van der Waals surface area contributed by atoms with Crippen molar-refractivity contribution in [3.63, 3.8) is 0 Å². The van der Waals surface area contributed by atoms with Crippen molar-refractivity contribution in [2.24, 2.45) is 11.6 Å². The maximum absolute atomic E-state index is 10.2. The molecule has 0 bridgehead atoms. The fourth-order valence-electron chi connectivity index (χ4n) is 3.28. The zero-order valence-corrected chi connectivity index (χ0v) is 21.8. The summed E-state index contributed by atoms with van der Waals surface area (Å²) in [5, 5.41) is 30.6. The van der Waals surface area contributed by atoms with Gasteiger partial charge in [-0.15, -0.1) is 11.6 Å². The summed E-state index contributed by atoms with van der Waals surface area (Å²) < 4.78 is 11.2. The Bertz CT molecular complexity index is 986. The van der Waals surface area contributed by atoms with Crippen molar-refractivity contribution in [2.75, 3.05) is 32.2 Å². The lowest BCUT2D eigenvalue weighted by Crippen LogP contribution is -2.40. The number of aliphatic hydroxyl groups excluding tert-OH is 3. The molecule has 0 aliphatic rings. The summed E-state index contributed by atoms with van der Waals surface area (Å²) in [5.41, 5.74) is 8.08. The van der Waals surface area contributed by atoms with Crippen LogP contribution in [0.3, 0.4) is 0 Å². The summed E-state index contributed by atoms with van der Waals surface area (Å²) in [7, 11) is 0. The Kier molecular flexibility index (Phi) is 11.0. The minimum atomic E-state index is -0.856. The summed E-state index contributed by atoms with van der Waals surface area (Å²) in [5.74, 6) is 7.06. The highest BCUT2D eigenvalue weighted by molar-refractivity contribution is 6.32. The van der Waals surface area contributed by atoms with Crippen molar-refractivity contribution in [1.29, 1.82) is 0 Å². The van der Waals surface area contributed by atoms with Crippen molar-refractivity contribution < 1.29 is 24.8 Å². The minimum Gasteiger partial charge on any atom is -0.491 e. The maximum atomic E-state index is 10.2. The van der Waals surface area contributed by atoms with E-state index in [1.54, 1.807) is 13.0 Å². The van der Waals surface area contributed by atoms with Gasteiger partial charge in [0, 0.05) is 11.1 Å². The molecule has 35 heavy (non-hydrogen) atoms. The lowest BCUT2D eigenvalue weighted by atomic mass is 9.78. The van der Waals surface area contributed by atoms with Crippen molar-refractivity contribution >= 4 is 23.2 Å². The Morgan fingerprint density at radius 3 is 2.20 bits per heavy atom. The average Bonchev–Trinajstić information content (AvgIpc) is 2.85. The number of hydrogen-bond donors (Lipinski definition) is 5. The van der Waals surface area contributed by atoms with Gasteiger partial charge in [0.25, 0.3) is 0 Å². The molecule has 0 radical (unpaired) electrons. The van der Waals surface area contributed by atoms with E-state index < -0.39 is 12.2 Å². The van der Waals surface area contributed by atoms with Crippen LogP contribution in [0.4, 0.5) is 0 Å². The van der Waals surface area contributed by atoms with Gasteiger partial charge in [-0.1, -0.05) is 43.6 Å². The molecule has 0 amide bonds. The molecule has 0 fully saturated rings. The van der Waals surface area contributed by atoms with Gasteiger partial charge in [-0.25, -0.2) is 5.84 Å². The number of benzene rings is 2. The van der Waals surface area contributed by atoms with E-state index in [-0.39, 0.29) is 43.4 Å². The van der Waals surface area contributed by atoms with Crippen LogP contribution in [0.1, 0.15) is 31.9 Å². The van der Waals surface area contributed by atoms with Gasteiger partial charge in [-0.2, -0.15) is 0 Å². The molecule has 194 valence electrons. The smallest absolute Gasteiger partial charge is 0.138 e. The maximum Gasteiger partial charge on any atom is 0.138 e. The Morgan fingerprint density at radius 2 is 1.63 bits per heavy atom. The van der Waals surface area contributed by atoms with E-state index in [0.717, 1.165) is 11.1 Å². The highest BCUT2D eigenvalue weighted by atomic mass is 35.5. The molecular formula is C25H35Cl2N3O5. The number of aliphatic hydroxyl groups is 3. The molecule has 2 aromatic rings. The SMILES string of the molecule is C/C(=C(/N)CO)N(N)CC(O)COc1ccc(C(C)(C)c2ccc(OCC(O)CCl)c(Cl)c2)cc1. The molecule has 0 aromatic heterocycles. The minimum absolute atomic E-state index is 0.0399. The third-order valence-corrected chi connectivity index (χ3v) is 6.41. The Balaban J connectivity index is 2.00. The van der Waals surface area contributed by atoms with E-state index in [0.29, 0.717) is 22.2 Å². The van der Waals surface area contributed by atoms with Crippen LogP contribution in [-0.2, 0) is 5.41 Å². The molecule has 0 aliphatic heterocycles. The molecular weight excluding hydrogens is 493 g/mol. The number of hydrazine groups is 1. The van der Waals surface area contributed by atoms with Crippen molar-refractivity contribution in [3.8, 4) is 11.5 Å². The zero-order valence-electron chi connectivity index (χ0n) is 20.2. The third-order valence-electron chi connectivity index (χ3n) is 5.75. The fourth-order valence-corrected chi connectivity index (χ4v) is 3.60. The average molecular weight is 528 g/mol. The molecule has 8 nitrogen and oxygen atoms in total. The van der Waals surface area contributed by atoms with Crippen LogP contribution in [0.5, 0.6) is 11.5 Å². The molecule has 0 spiro atoms. The summed E-state index contributed by atoms with van der Waals surface area (Å²) in [6.45, 7) is 5.73. The van der Waals surface area contributed by atoms with E-state index in [9.17, 15) is 10.2 Å². The van der Waals surface area contributed by atoms with Gasteiger partial charge in [0.15, 0.2) is 0 Å². The van der Waals surface area contributed by atoms with Crippen LogP contribution < -0.4 is 21.1 Å². The number of halogens is 2. The van der Waals surface area contributed by atoms with Crippen LogP contribution in [-0.4, -0.2) is 64.8 Å². The van der Waals surface area contributed by atoms with Gasteiger partial charge < -0.3 is 35.5 Å². The molecule has 2 aromatic carbocycles. The summed E-state index contributed by atoms with van der Waals surface area (Å²) >= 11 is 12.0. The van der Waals surface area contributed by atoms with Crippen LogP contribution in [0.15, 0.2) is 53.9 Å². The van der Waals surface area contributed by atoms with Gasteiger partial charge in [0.1, 0.15) is 36.9 Å². The zero-order chi connectivity index (χ0) is 26.2. The monoisotopic (exact) mass is 527 g/mol. The Morgan fingerprint density at radius 1 is 1.03 bits per heavy atom. The van der Waals surface area contributed by atoms with Gasteiger partial charge in [-0.05, 0) is 42.3 Å². The number of ether oxygens (including phenoxy) is 2. The van der Waals surface area contributed by atoms with Gasteiger partial charge in [0.2, 0.25) is 0 Å². The fraction of sp³-hybridized carbons (Fsp3) is 0.440. The molecule has 2 unspecified atom stereocenters. The molecule has 0 aliphatic carbocycles. The second-order valence-electron chi connectivity index (χ2n) is 8.80. The van der Waals surface area contributed by atoms with Gasteiger partial charge in [-0.3, -0.25) is 0 Å². The number of rotatable bonds is 13. The quantitative estimate of drug-likeness (QED) is 0.152. The molecule has 7 N–H and O–H groups in total. The number of allylic oxidation sites excluding steroid dienone is 1. The van der Waals surface area contributed by atoms with Crippen LogP contribution in [0, 0.1) is 0 Å². The first-order chi connectivity index (χ1) is 16.5. The van der Waals surface area contributed by atoms with E-state index in [4.69, 9.17) is 49.4 Å². The number of hydrogen-bond acceptors (Lipinski definition) is 8. The first-order valence-corrected chi connectivity index (χ1v) is 12.1. The standard InChI is InChI=1S/C25H35Cl2N3O5/c1-16(23(28)13-31)30(29)12-20(33)15-34-21-7-4-17(5-8-21)25(2,3)18-6-9-24(22(27)10-18)35-14-19(32)11-26/h4-10,19-20,31-33H,11-15,28-29H2,1-3H3/b23-16-. The second kappa shape index (κ2) is 13.2. The van der Waals surface area contributed by atoms with Crippen LogP contribution in [0.2, 0.25) is 5.02 Å². The van der Waals surface area contributed by atoms with E-state index in [1.165, 1.54) is 5.01 Å². The predicted molar refractivity (Wildman–Crippen MR) is 139 cm³/mol. The Labute approximate surface area is 216 Å². The first-order valence-electron chi connectivity index (χ1n) is 11.2. The largest absolute Gasteiger partial charge is 0.491 e. The topological polar surface area (TPSA) is 134 Å². The van der Waals surface area contributed by atoms with Crippen molar-refractivity contribution in [2.45, 2.75) is 38.4 Å². The Hall–Kier alpha value is -2.20. The normalized spacial score (nSPS) is 14.2. The molecule has 0 heterocycles. The number of nitrogens with two attached hydrogens (primary N) is 2. The van der Waals surface area contributed by atoms with Gasteiger partial charge in [0.05, 0.1) is 29.8 Å². The number of alkyl halides is 1. The molecule has 0 saturated carbocycles. The lowest BCUT2D eigenvalue weighted by molar-refractivity contribution is 0.0779. The summed E-state index contributed by atoms with van der Waals surface area (Å²) in [4.78, 5) is 0. The van der Waals surface area contributed by atoms with E-state index in [1.807, 2.05) is 36.4 Å². The highest BCUT2D eigenvalue weighted by Gasteiger charge is 2.24. The predicted octanol–water partition coefficient (Wildman–Crippen LogP) is 2.74.